The minimum atomic E-state index is -0.0234. The molecule has 0 aliphatic carbocycles. The van der Waals surface area contributed by atoms with Crippen LogP contribution in [-0.2, 0) is 4.79 Å². The molecule has 1 aromatic carbocycles. The molecule has 0 spiro atoms. The van der Waals surface area contributed by atoms with Gasteiger partial charge < -0.3 is 0 Å². The summed E-state index contributed by atoms with van der Waals surface area (Å²) in [6.07, 6.45) is 0. The Bertz CT molecular complexity index is 372. The van der Waals surface area contributed by atoms with Crippen LogP contribution in [0.5, 0.6) is 0 Å². The lowest BCUT2D eigenvalue weighted by atomic mass is 10.2. The van der Waals surface area contributed by atoms with Gasteiger partial charge in [-0.2, -0.15) is 0 Å². The fourth-order valence-electron chi connectivity index (χ4n) is 1.26. The van der Waals surface area contributed by atoms with Crippen LogP contribution in [0.15, 0.2) is 35.3 Å². The number of hydrogen-bond acceptors (Lipinski definition) is 3. The molecule has 0 fully saturated rings. The maximum absolute atomic E-state index is 11.1. The van der Waals surface area contributed by atoms with Gasteiger partial charge in [0.2, 0.25) is 0 Å². The molecule has 0 unspecified atom stereocenters. The second kappa shape index (κ2) is 3.49. The van der Waals surface area contributed by atoms with Gasteiger partial charge >= 0.3 is 0 Å². The Kier molecular flexibility index (Phi) is 2.18. The minimum absolute atomic E-state index is 0.0234. The highest BCUT2D eigenvalue weighted by Crippen LogP contribution is 2.02. The van der Waals surface area contributed by atoms with E-state index in [2.05, 4.69) is 10.4 Å². The van der Waals surface area contributed by atoms with Crippen molar-refractivity contribution in [3.63, 3.8) is 0 Å². The van der Waals surface area contributed by atoms with Crippen LogP contribution < -0.4 is 5.43 Å². The van der Waals surface area contributed by atoms with Gasteiger partial charge in [-0.05, 0) is 0 Å². The largest absolute Gasteiger partial charge is 0.279 e. The zero-order chi connectivity index (χ0) is 9.97. The lowest BCUT2D eigenvalue weighted by Gasteiger charge is -2.24. The Balaban J connectivity index is 2.25. The van der Waals surface area contributed by atoms with Gasteiger partial charge in [-0.15, -0.1) is 0 Å². The number of hydrogen-bond donors (Lipinski definition) is 1. The predicted molar refractivity (Wildman–Crippen MR) is 53.8 cm³/mol. The third kappa shape index (κ3) is 1.59. The maximum atomic E-state index is 11.1. The third-order valence-electron chi connectivity index (χ3n) is 2.07. The topological polar surface area (TPSA) is 44.7 Å². The Morgan fingerprint density at radius 1 is 1.36 bits per heavy atom. The molecule has 72 valence electrons. The summed E-state index contributed by atoms with van der Waals surface area (Å²) in [6, 6.07) is 9.73. The average molecular weight is 189 g/mol. The fraction of sp³-hybridized carbons (Fsp3) is 0.200. The van der Waals surface area contributed by atoms with Gasteiger partial charge in [-0.3, -0.25) is 20.2 Å². The predicted octanol–water partition coefficient (Wildman–Crippen LogP) is 0.410. The number of benzene rings is 1. The fourth-order valence-corrected chi connectivity index (χ4v) is 1.26. The average Bonchev–Trinajstić information content (AvgIpc) is 2.23. The third-order valence-corrected chi connectivity index (χ3v) is 2.07. The number of carbonyl (C=O) groups is 1. The van der Waals surface area contributed by atoms with E-state index in [1.165, 1.54) is 5.01 Å². The maximum Gasteiger partial charge on any atom is 0.262 e. The molecule has 0 saturated carbocycles. The number of aliphatic imine (C=N–C) groups is 1. The molecule has 0 bridgehead atoms. The second-order valence-corrected chi connectivity index (χ2v) is 3.10. The van der Waals surface area contributed by atoms with Crippen molar-refractivity contribution < 1.29 is 4.79 Å². The molecule has 1 N–H and O–H groups in total. The molecule has 0 saturated heterocycles. The Morgan fingerprint density at radius 3 is 2.71 bits per heavy atom. The molecule has 1 aliphatic heterocycles. The van der Waals surface area contributed by atoms with E-state index in [0.29, 0.717) is 0 Å². The number of carbonyl (C=O) groups excluding carboxylic acids is 1. The highest BCUT2D eigenvalue weighted by atomic mass is 16.2. The van der Waals surface area contributed by atoms with E-state index < -0.39 is 0 Å². The standard InChI is InChI=1S/C10H11N3O/c1-13-9(14)7-11-10(12-13)8-5-3-2-4-6-8/h2-6H,7H2,1H3,(H,11,12). The van der Waals surface area contributed by atoms with Crippen LogP contribution in [0.2, 0.25) is 0 Å². The van der Waals surface area contributed by atoms with Gasteiger partial charge in [0.15, 0.2) is 0 Å². The zero-order valence-electron chi connectivity index (χ0n) is 7.90. The van der Waals surface area contributed by atoms with Crippen molar-refractivity contribution in [3.8, 4) is 0 Å². The molecule has 0 aromatic heterocycles. The van der Waals surface area contributed by atoms with Crippen molar-refractivity contribution >= 4 is 11.7 Å². The molecule has 1 aliphatic rings. The Labute approximate surface area is 82.2 Å². The number of rotatable bonds is 1. The first kappa shape index (κ1) is 8.74. The lowest BCUT2D eigenvalue weighted by Crippen LogP contribution is -2.48. The summed E-state index contributed by atoms with van der Waals surface area (Å²) in [4.78, 5) is 15.3. The molecule has 1 aromatic rings. The monoisotopic (exact) mass is 189 g/mol. The number of hydrazine groups is 1. The molecule has 14 heavy (non-hydrogen) atoms. The lowest BCUT2D eigenvalue weighted by molar-refractivity contribution is -0.130. The summed E-state index contributed by atoms with van der Waals surface area (Å²) in [7, 11) is 1.69. The summed E-state index contributed by atoms with van der Waals surface area (Å²) in [5, 5.41) is 1.45. The van der Waals surface area contributed by atoms with Crippen LogP contribution in [0.3, 0.4) is 0 Å². The number of likely N-dealkylation sites (N-methyl/N-ethyl adjacent to an activating group) is 1. The van der Waals surface area contributed by atoms with Crippen molar-refractivity contribution in [2.24, 2.45) is 4.99 Å². The van der Waals surface area contributed by atoms with Gasteiger partial charge in [0.1, 0.15) is 12.4 Å². The highest BCUT2D eigenvalue weighted by molar-refractivity contribution is 6.02. The molecule has 1 heterocycles. The smallest absolute Gasteiger partial charge is 0.262 e. The normalized spacial score (nSPS) is 16.2. The summed E-state index contributed by atoms with van der Waals surface area (Å²) in [6.45, 7) is 0.216. The SMILES string of the molecule is CN1NC(c2ccccc2)=NCC1=O. The van der Waals surface area contributed by atoms with Gasteiger partial charge in [0.25, 0.3) is 5.91 Å². The molecule has 1 amide bonds. The molecule has 2 rings (SSSR count). The van der Waals surface area contributed by atoms with Gasteiger partial charge in [-0.25, -0.2) is 0 Å². The van der Waals surface area contributed by atoms with Gasteiger partial charge in [0.05, 0.1) is 0 Å². The molecule has 4 heteroatoms. The zero-order valence-corrected chi connectivity index (χ0v) is 7.90. The summed E-state index contributed by atoms with van der Waals surface area (Å²) >= 11 is 0. The van der Waals surface area contributed by atoms with Crippen molar-refractivity contribution in [2.45, 2.75) is 0 Å². The molecular weight excluding hydrogens is 178 g/mol. The number of nitrogens with one attached hydrogen (secondary N) is 1. The van der Waals surface area contributed by atoms with E-state index in [4.69, 9.17) is 0 Å². The van der Waals surface area contributed by atoms with Crippen LogP contribution in [0.25, 0.3) is 0 Å². The van der Waals surface area contributed by atoms with Crippen LogP contribution >= 0.6 is 0 Å². The molecule has 0 atom stereocenters. The van der Waals surface area contributed by atoms with Crippen LogP contribution in [0.4, 0.5) is 0 Å². The van der Waals surface area contributed by atoms with E-state index in [1.54, 1.807) is 7.05 Å². The summed E-state index contributed by atoms with van der Waals surface area (Å²) < 4.78 is 0. The molecule has 4 nitrogen and oxygen atoms in total. The summed E-state index contributed by atoms with van der Waals surface area (Å²) in [5.74, 6) is 0.720. The highest BCUT2D eigenvalue weighted by Gasteiger charge is 2.16. The number of amides is 1. The summed E-state index contributed by atoms with van der Waals surface area (Å²) in [5.41, 5.74) is 3.91. The number of nitrogens with zero attached hydrogens (tertiary/aromatic N) is 2. The second-order valence-electron chi connectivity index (χ2n) is 3.10. The molecule has 0 radical (unpaired) electrons. The Hall–Kier alpha value is -1.84. The quantitative estimate of drug-likeness (QED) is 0.695. The van der Waals surface area contributed by atoms with Gasteiger partial charge in [0, 0.05) is 12.6 Å². The van der Waals surface area contributed by atoms with Crippen LogP contribution in [-0.4, -0.2) is 30.3 Å². The first-order valence-corrected chi connectivity index (χ1v) is 4.40. The van der Waals surface area contributed by atoms with E-state index in [-0.39, 0.29) is 12.5 Å². The van der Waals surface area contributed by atoms with Crippen molar-refractivity contribution in [1.29, 1.82) is 0 Å². The Morgan fingerprint density at radius 2 is 2.07 bits per heavy atom. The first-order valence-electron chi connectivity index (χ1n) is 4.40. The van der Waals surface area contributed by atoms with Crippen molar-refractivity contribution in [2.75, 3.05) is 13.6 Å². The molecular formula is C10H11N3O. The van der Waals surface area contributed by atoms with E-state index in [0.717, 1.165) is 11.4 Å². The van der Waals surface area contributed by atoms with Crippen molar-refractivity contribution in [3.05, 3.63) is 35.9 Å². The van der Waals surface area contributed by atoms with E-state index >= 15 is 0 Å². The van der Waals surface area contributed by atoms with E-state index in [1.807, 2.05) is 30.3 Å². The minimum Gasteiger partial charge on any atom is -0.279 e. The first-order chi connectivity index (χ1) is 6.77. The van der Waals surface area contributed by atoms with Crippen LogP contribution in [0, 0.1) is 0 Å². The number of amidine groups is 1. The van der Waals surface area contributed by atoms with E-state index in [9.17, 15) is 4.79 Å². The van der Waals surface area contributed by atoms with Crippen LogP contribution in [0.1, 0.15) is 5.56 Å². The van der Waals surface area contributed by atoms with Crippen molar-refractivity contribution in [1.82, 2.24) is 10.4 Å². The van der Waals surface area contributed by atoms with Gasteiger partial charge in [-0.1, -0.05) is 30.3 Å².